The number of rotatable bonds is 8. The fraction of sp³-hybridized carbons (Fsp3) is 0.926. The van der Waals surface area contributed by atoms with Gasteiger partial charge in [0, 0.05) is 49.1 Å². The minimum atomic E-state index is -3.00. The van der Waals surface area contributed by atoms with Gasteiger partial charge in [0.05, 0.1) is 5.25 Å². The second-order valence-corrected chi connectivity index (χ2v) is 14.4. The van der Waals surface area contributed by atoms with E-state index in [1.165, 1.54) is 0 Å². The van der Waals surface area contributed by atoms with Gasteiger partial charge in [-0.15, -0.1) is 0 Å². The van der Waals surface area contributed by atoms with Crippen molar-refractivity contribution in [2.75, 3.05) is 5.75 Å². The van der Waals surface area contributed by atoms with Crippen molar-refractivity contribution in [3.05, 3.63) is 0 Å². The highest BCUT2D eigenvalue weighted by Gasteiger charge is 2.51. The predicted molar refractivity (Wildman–Crippen MR) is 135 cm³/mol. The molecule has 0 aromatic heterocycles. The lowest BCUT2D eigenvalue weighted by Gasteiger charge is -2.48. The van der Waals surface area contributed by atoms with Gasteiger partial charge in [0.2, 0.25) is 11.8 Å². The van der Waals surface area contributed by atoms with Crippen LogP contribution in [0.25, 0.3) is 0 Å². The molecule has 1 N–H and O–H groups in total. The van der Waals surface area contributed by atoms with E-state index in [0.717, 1.165) is 57.8 Å². The molecule has 4 aliphatic carbocycles. The Balaban J connectivity index is 1.22. The predicted octanol–water partition coefficient (Wildman–Crippen LogP) is 5.00. The summed E-state index contributed by atoms with van der Waals surface area (Å²) in [7, 11) is -3.00. The standard InChI is InChI=1S/C27H44F2N2O4S/c1-2-36(34,35)24-14-8-19(9-15-24)16-25(32)30-21-12-10-20(11-13-21)26(33)31(22-6-4-3-5-7-22)23-17-27(28,29)18-23/h19-24H,2-18H2,1H3,(H,30,32). The van der Waals surface area contributed by atoms with Crippen molar-refractivity contribution in [1.29, 1.82) is 0 Å². The van der Waals surface area contributed by atoms with Crippen molar-refractivity contribution in [2.24, 2.45) is 11.8 Å². The second kappa shape index (κ2) is 11.6. The molecule has 0 radical (unpaired) electrons. The molecule has 36 heavy (non-hydrogen) atoms. The molecule has 6 nitrogen and oxygen atoms in total. The van der Waals surface area contributed by atoms with E-state index in [-0.39, 0.29) is 65.6 Å². The van der Waals surface area contributed by atoms with Crippen molar-refractivity contribution < 1.29 is 26.8 Å². The molecule has 4 rings (SSSR count). The van der Waals surface area contributed by atoms with Gasteiger partial charge in [-0.25, -0.2) is 17.2 Å². The molecule has 0 aromatic rings. The molecule has 0 spiro atoms. The van der Waals surface area contributed by atoms with Crippen LogP contribution in [0.5, 0.6) is 0 Å². The number of nitrogens with one attached hydrogen (secondary N) is 1. The molecule has 9 heteroatoms. The maximum absolute atomic E-state index is 13.6. The van der Waals surface area contributed by atoms with Gasteiger partial charge in [0.15, 0.2) is 9.84 Å². The average molecular weight is 531 g/mol. The first-order valence-corrected chi connectivity index (χ1v) is 16.0. The summed E-state index contributed by atoms with van der Waals surface area (Å²) in [5, 5.41) is 2.89. The lowest BCUT2D eigenvalue weighted by molar-refractivity contribution is -0.164. The minimum absolute atomic E-state index is 0.0205. The van der Waals surface area contributed by atoms with Crippen LogP contribution in [0.3, 0.4) is 0 Å². The Morgan fingerprint density at radius 1 is 0.861 bits per heavy atom. The topological polar surface area (TPSA) is 83.5 Å². The molecule has 0 saturated heterocycles. The van der Waals surface area contributed by atoms with Crippen LogP contribution in [0.4, 0.5) is 8.78 Å². The summed E-state index contributed by atoms with van der Waals surface area (Å²) in [4.78, 5) is 28.0. The Morgan fingerprint density at radius 3 is 2.03 bits per heavy atom. The summed E-state index contributed by atoms with van der Waals surface area (Å²) in [5.74, 6) is -2.28. The molecule has 4 saturated carbocycles. The zero-order chi connectivity index (χ0) is 25.9. The first kappa shape index (κ1) is 27.8. The Labute approximate surface area is 215 Å². The molecule has 4 aliphatic rings. The van der Waals surface area contributed by atoms with E-state index in [1.807, 2.05) is 4.90 Å². The summed E-state index contributed by atoms with van der Waals surface area (Å²) < 4.78 is 51.5. The summed E-state index contributed by atoms with van der Waals surface area (Å²) in [5.41, 5.74) is 0. The molecule has 4 fully saturated rings. The number of carbonyl (C=O) groups excluding carboxylic acids is 2. The van der Waals surface area contributed by atoms with E-state index in [0.29, 0.717) is 32.1 Å². The van der Waals surface area contributed by atoms with E-state index in [4.69, 9.17) is 0 Å². The van der Waals surface area contributed by atoms with Crippen LogP contribution < -0.4 is 5.32 Å². The number of sulfone groups is 1. The highest BCUT2D eigenvalue weighted by molar-refractivity contribution is 7.92. The Bertz CT molecular complexity index is 866. The van der Waals surface area contributed by atoms with Gasteiger partial charge >= 0.3 is 0 Å². The van der Waals surface area contributed by atoms with Gasteiger partial charge in [-0.2, -0.15) is 0 Å². The van der Waals surface area contributed by atoms with Crippen molar-refractivity contribution in [3.63, 3.8) is 0 Å². The van der Waals surface area contributed by atoms with Crippen LogP contribution in [0.15, 0.2) is 0 Å². The molecular formula is C27H44F2N2O4S. The quantitative estimate of drug-likeness (QED) is 0.479. The number of nitrogens with zero attached hydrogens (tertiary/aromatic N) is 1. The zero-order valence-electron chi connectivity index (χ0n) is 21.7. The lowest BCUT2D eigenvalue weighted by atomic mass is 9.80. The van der Waals surface area contributed by atoms with E-state index < -0.39 is 15.8 Å². The van der Waals surface area contributed by atoms with E-state index in [9.17, 15) is 26.8 Å². The summed E-state index contributed by atoms with van der Waals surface area (Å²) in [6.07, 6.45) is 10.9. The third-order valence-corrected chi connectivity index (χ3v) is 11.6. The summed E-state index contributed by atoms with van der Waals surface area (Å²) in [6, 6.07) is -0.169. The van der Waals surface area contributed by atoms with Crippen LogP contribution in [-0.4, -0.2) is 60.2 Å². The first-order valence-electron chi connectivity index (χ1n) is 14.3. The van der Waals surface area contributed by atoms with Crippen molar-refractivity contribution >= 4 is 21.7 Å². The SMILES string of the molecule is CCS(=O)(=O)C1CCC(CC(=O)NC2CCC(C(=O)N(C3CCCCC3)C3CC(F)(F)C3)CC2)CC1. The maximum atomic E-state index is 13.6. The van der Waals surface area contributed by atoms with Crippen molar-refractivity contribution in [3.8, 4) is 0 Å². The number of hydrogen-bond donors (Lipinski definition) is 1. The van der Waals surface area contributed by atoms with Gasteiger partial charge in [-0.3, -0.25) is 9.59 Å². The van der Waals surface area contributed by atoms with Crippen LogP contribution in [0, 0.1) is 11.8 Å². The number of halogens is 2. The van der Waals surface area contributed by atoms with Gasteiger partial charge in [0.25, 0.3) is 5.92 Å². The molecular weight excluding hydrogens is 486 g/mol. The average Bonchev–Trinajstić information content (AvgIpc) is 2.84. The van der Waals surface area contributed by atoms with E-state index >= 15 is 0 Å². The third kappa shape index (κ3) is 6.79. The number of alkyl halides is 2. The van der Waals surface area contributed by atoms with E-state index in [1.54, 1.807) is 6.92 Å². The number of carbonyl (C=O) groups is 2. The van der Waals surface area contributed by atoms with Crippen molar-refractivity contribution in [1.82, 2.24) is 10.2 Å². The van der Waals surface area contributed by atoms with Crippen molar-refractivity contribution in [2.45, 2.75) is 139 Å². The number of amides is 2. The van der Waals surface area contributed by atoms with Gasteiger partial charge < -0.3 is 10.2 Å². The van der Waals surface area contributed by atoms with Gasteiger partial charge in [0.1, 0.15) is 0 Å². The fourth-order valence-corrected chi connectivity index (χ4v) is 8.48. The highest BCUT2D eigenvalue weighted by Crippen LogP contribution is 2.44. The smallest absolute Gasteiger partial charge is 0.252 e. The molecule has 0 atom stereocenters. The Morgan fingerprint density at radius 2 is 1.47 bits per heavy atom. The zero-order valence-corrected chi connectivity index (χ0v) is 22.5. The van der Waals surface area contributed by atoms with Crippen LogP contribution >= 0.6 is 0 Å². The largest absolute Gasteiger partial charge is 0.353 e. The third-order valence-electron chi connectivity index (χ3n) is 9.30. The molecule has 0 aliphatic heterocycles. The first-order chi connectivity index (χ1) is 17.1. The normalized spacial score (nSPS) is 31.9. The number of hydrogen-bond acceptors (Lipinski definition) is 4. The van der Waals surface area contributed by atoms with Crippen LogP contribution in [-0.2, 0) is 19.4 Å². The monoisotopic (exact) mass is 530 g/mol. The minimum Gasteiger partial charge on any atom is -0.353 e. The summed E-state index contributed by atoms with van der Waals surface area (Å²) in [6.45, 7) is 1.69. The van der Waals surface area contributed by atoms with Crippen LogP contribution in [0.1, 0.15) is 110 Å². The lowest BCUT2D eigenvalue weighted by Crippen LogP contribution is -2.58. The maximum Gasteiger partial charge on any atom is 0.252 e. The summed E-state index contributed by atoms with van der Waals surface area (Å²) >= 11 is 0. The molecule has 0 unspecified atom stereocenters. The Kier molecular flexibility index (Phi) is 8.99. The molecule has 0 bridgehead atoms. The highest BCUT2D eigenvalue weighted by atomic mass is 32.2. The molecule has 0 heterocycles. The van der Waals surface area contributed by atoms with Gasteiger partial charge in [-0.05, 0) is 70.1 Å². The second-order valence-electron chi connectivity index (χ2n) is 11.9. The molecule has 2 amide bonds. The Hall–Kier alpha value is -1.25. The van der Waals surface area contributed by atoms with Crippen LogP contribution in [0.2, 0.25) is 0 Å². The fourth-order valence-electron chi connectivity index (χ4n) is 7.02. The molecule has 0 aromatic carbocycles. The van der Waals surface area contributed by atoms with E-state index in [2.05, 4.69) is 5.32 Å². The molecule has 206 valence electrons. The van der Waals surface area contributed by atoms with Gasteiger partial charge in [-0.1, -0.05) is 26.2 Å².